The molecule has 0 aliphatic carbocycles. The second-order valence-electron chi connectivity index (χ2n) is 11.3. The molecule has 1 aliphatic heterocycles. The van der Waals surface area contributed by atoms with Crippen LogP contribution in [0.4, 0.5) is 13.2 Å². The van der Waals surface area contributed by atoms with Gasteiger partial charge in [-0.2, -0.15) is 13.2 Å². The van der Waals surface area contributed by atoms with Crippen LogP contribution >= 0.6 is 0 Å². The van der Waals surface area contributed by atoms with Crippen LogP contribution in [0.3, 0.4) is 0 Å². The van der Waals surface area contributed by atoms with Crippen molar-refractivity contribution in [2.24, 2.45) is 0 Å². The predicted octanol–water partition coefficient (Wildman–Crippen LogP) is 5.97. The molecule has 212 valence electrons. The highest BCUT2D eigenvalue weighted by molar-refractivity contribution is 5.81. The van der Waals surface area contributed by atoms with Crippen LogP contribution in [0.25, 0.3) is 22.0 Å². The zero-order chi connectivity index (χ0) is 28.5. The monoisotopic (exact) mass is 553 g/mol. The molecular formula is C31H34F3N3O3. The summed E-state index contributed by atoms with van der Waals surface area (Å²) in [6.07, 6.45) is -2.91. The number of phenolic OH excluding ortho intramolecular Hbond substituents is 1. The van der Waals surface area contributed by atoms with Crippen LogP contribution < -0.4 is 0 Å². The molecule has 6 nitrogen and oxygen atoms in total. The van der Waals surface area contributed by atoms with E-state index in [9.17, 15) is 23.4 Å². The number of halogens is 3. The van der Waals surface area contributed by atoms with E-state index in [0.29, 0.717) is 35.6 Å². The lowest BCUT2D eigenvalue weighted by atomic mass is 9.72. The van der Waals surface area contributed by atoms with Crippen molar-refractivity contribution in [2.75, 3.05) is 26.3 Å². The first-order chi connectivity index (χ1) is 18.9. The zero-order valence-corrected chi connectivity index (χ0v) is 22.6. The number of hydrogen-bond donors (Lipinski definition) is 3. The summed E-state index contributed by atoms with van der Waals surface area (Å²) in [6, 6.07) is 15.9. The van der Waals surface area contributed by atoms with Crippen LogP contribution in [0.1, 0.15) is 37.1 Å². The minimum Gasteiger partial charge on any atom is -0.508 e. The third-order valence-electron chi connectivity index (χ3n) is 7.72. The van der Waals surface area contributed by atoms with E-state index in [0.717, 1.165) is 36.1 Å². The molecule has 0 radical (unpaired) electrons. The number of aromatic amines is 1. The Balaban J connectivity index is 1.41. The summed E-state index contributed by atoms with van der Waals surface area (Å²) < 4.78 is 48.9. The lowest BCUT2D eigenvalue weighted by molar-refractivity contribution is -0.266. The van der Waals surface area contributed by atoms with Crippen molar-refractivity contribution in [3.05, 3.63) is 83.8 Å². The molecule has 0 spiro atoms. The summed E-state index contributed by atoms with van der Waals surface area (Å²) in [5, 5.41) is 22.7. The summed E-state index contributed by atoms with van der Waals surface area (Å²) in [7, 11) is 0. The van der Waals surface area contributed by atoms with Crippen molar-refractivity contribution in [2.45, 2.75) is 50.4 Å². The molecule has 1 saturated heterocycles. The first-order valence-corrected chi connectivity index (χ1v) is 13.4. The van der Waals surface area contributed by atoms with Crippen molar-refractivity contribution < 1.29 is 28.1 Å². The number of aliphatic hydroxyl groups is 1. The Bertz CT molecular complexity index is 1460. The molecule has 1 aliphatic rings. The smallest absolute Gasteiger partial charge is 0.417 e. The second-order valence-corrected chi connectivity index (χ2v) is 11.3. The highest BCUT2D eigenvalue weighted by Gasteiger charge is 2.56. The number of nitrogens with one attached hydrogen (secondary N) is 1. The Morgan fingerprint density at radius 2 is 1.77 bits per heavy atom. The number of nitrogens with zero attached hydrogens (tertiary/aromatic N) is 2. The summed E-state index contributed by atoms with van der Waals surface area (Å²) >= 11 is 0. The number of ether oxygens (including phenoxy) is 1. The molecule has 9 heteroatoms. The van der Waals surface area contributed by atoms with E-state index < -0.39 is 30.0 Å². The molecule has 1 unspecified atom stereocenters. The predicted molar refractivity (Wildman–Crippen MR) is 148 cm³/mol. The summed E-state index contributed by atoms with van der Waals surface area (Å²) in [5.41, 5.74) is -0.370. The van der Waals surface area contributed by atoms with Gasteiger partial charge < -0.3 is 19.9 Å². The Labute approximate surface area is 231 Å². The second kappa shape index (κ2) is 10.9. The Morgan fingerprint density at radius 1 is 1.00 bits per heavy atom. The largest absolute Gasteiger partial charge is 0.508 e. The van der Waals surface area contributed by atoms with E-state index in [4.69, 9.17) is 4.74 Å². The van der Waals surface area contributed by atoms with Gasteiger partial charge in [-0.3, -0.25) is 9.88 Å². The maximum atomic E-state index is 14.5. The lowest BCUT2D eigenvalue weighted by Crippen LogP contribution is -2.50. The molecule has 4 aromatic rings. The molecule has 0 saturated carbocycles. The molecule has 0 amide bonds. The van der Waals surface area contributed by atoms with E-state index in [1.165, 1.54) is 6.07 Å². The Kier molecular flexibility index (Phi) is 7.65. The number of H-pyrrole nitrogens is 1. The number of pyridine rings is 1. The van der Waals surface area contributed by atoms with Gasteiger partial charge in [0.2, 0.25) is 0 Å². The fourth-order valence-corrected chi connectivity index (χ4v) is 5.65. The van der Waals surface area contributed by atoms with E-state index in [2.05, 4.69) is 14.9 Å². The van der Waals surface area contributed by atoms with Crippen molar-refractivity contribution in [1.29, 1.82) is 0 Å². The fraction of sp³-hybridized carbons (Fsp3) is 0.387. The highest BCUT2D eigenvalue weighted by atomic mass is 19.4. The van der Waals surface area contributed by atoms with Crippen LogP contribution in [-0.4, -0.2) is 63.2 Å². The van der Waals surface area contributed by atoms with E-state index in [1.54, 1.807) is 50.5 Å². The Hall–Kier alpha value is -3.40. The topological polar surface area (TPSA) is 81.6 Å². The molecule has 2 aromatic carbocycles. The third-order valence-corrected chi connectivity index (χ3v) is 7.72. The number of phenols is 1. The minimum absolute atomic E-state index is 0.124. The standard InChI is InChI=1S/C31H34F3N3O3/c1-29(2,26-16-22(6-8-28(26)38)23-4-3-9-35-18-23)20-30(39,31(32,33)34)17-25-15-24-14-21(5-7-27(24)36-25)19-37-10-12-40-13-11-37/h3-9,14-16,18,36,38-39H,10-13,17,19-20H2,1-2H3. The molecule has 1 atom stereocenters. The summed E-state index contributed by atoms with van der Waals surface area (Å²) in [5.74, 6) is -0.124. The Morgan fingerprint density at radius 3 is 2.48 bits per heavy atom. The van der Waals surface area contributed by atoms with Crippen LogP contribution in [0.15, 0.2) is 67.0 Å². The van der Waals surface area contributed by atoms with Gasteiger partial charge in [-0.15, -0.1) is 0 Å². The normalized spacial score (nSPS) is 16.8. The van der Waals surface area contributed by atoms with Gasteiger partial charge in [-0.1, -0.05) is 32.0 Å². The molecule has 40 heavy (non-hydrogen) atoms. The molecule has 2 aromatic heterocycles. The molecule has 1 fully saturated rings. The van der Waals surface area contributed by atoms with Crippen LogP contribution in [0.5, 0.6) is 5.75 Å². The third kappa shape index (κ3) is 6.01. The number of benzene rings is 2. The molecule has 3 N–H and O–H groups in total. The number of aromatic nitrogens is 2. The average Bonchev–Trinajstić information content (AvgIpc) is 3.30. The molecule has 0 bridgehead atoms. The van der Waals surface area contributed by atoms with Gasteiger partial charge in [0.15, 0.2) is 5.60 Å². The van der Waals surface area contributed by atoms with Crippen LogP contribution in [-0.2, 0) is 23.1 Å². The summed E-state index contributed by atoms with van der Waals surface area (Å²) in [4.78, 5) is 9.46. The van der Waals surface area contributed by atoms with Gasteiger partial charge in [-0.05, 0) is 64.7 Å². The molecule has 3 heterocycles. The van der Waals surface area contributed by atoms with E-state index in [-0.39, 0.29) is 5.75 Å². The van der Waals surface area contributed by atoms with Gasteiger partial charge in [-0.25, -0.2) is 0 Å². The number of rotatable bonds is 8. The summed E-state index contributed by atoms with van der Waals surface area (Å²) in [6.45, 7) is 7.01. The van der Waals surface area contributed by atoms with Gasteiger partial charge in [0.05, 0.1) is 13.2 Å². The number of morpholine rings is 1. The van der Waals surface area contributed by atoms with Crippen molar-refractivity contribution in [3.8, 4) is 16.9 Å². The maximum Gasteiger partial charge on any atom is 0.417 e. The average molecular weight is 554 g/mol. The van der Waals surface area contributed by atoms with Crippen LogP contribution in [0, 0.1) is 0 Å². The van der Waals surface area contributed by atoms with Gasteiger partial charge in [0, 0.05) is 60.8 Å². The van der Waals surface area contributed by atoms with Crippen LogP contribution in [0.2, 0.25) is 0 Å². The number of fused-ring (bicyclic) bond motifs is 1. The zero-order valence-electron chi connectivity index (χ0n) is 22.6. The fourth-order valence-electron chi connectivity index (χ4n) is 5.65. The highest BCUT2D eigenvalue weighted by Crippen LogP contribution is 2.45. The quantitative estimate of drug-likeness (QED) is 0.251. The first kappa shape index (κ1) is 28.1. The van der Waals surface area contributed by atoms with Gasteiger partial charge in [0.1, 0.15) is 5.75 Å². The molecular weight excluding hydrogens is 519 g/mol. The lowest BCUT2D eigenvalue weighted by Gasteiger charge is -2.38. The number of hydrogen-bond acceptors (Lipinski definition) is 5. The molecule has 5 rings (SSSR count). The number of alkyl halides is 3. The van der Waals surface area contributed by atoms with Crippen molar-refractivity contribution in [1.82, 2.24) is 14.9 Å². The van der Waals surface area contributed by atoms with Gasteiger partial charge >= 0.3 is 6.18 Å². The van der Waals surface area contributed by atoms with E-state index in [1.807, 2.05) is 24.3 Å². The van der Waals surface area contributed by atoms with Crippen molar-refractivity contribution in [3.63, 3.8) is 0 Å². The van der Waals surface area contributed by atoms with Gasteiger partial charge in [0.25, 0.3) is 0 Å². The SMILES string of the molecule is CC(C)(CC(O)(Cc1cc2cc(CN3CCOCC3)ccc2[nH]1)C(F)(F)F)c1cc(-c2cccnc2)ccc1O. The first-order valence-electron chi connectivity index (χ1n) is 13.4. The number of aromatic hydroxyl groups is 1. The maximum absolute atomic E-state index is 14.5. The van der Waals surface area contributed by atoms with Crippen molar-refractivity contribution >= 4 is 10.9 Å². The van der Waals surface area contributed by atoms with E-state index >= 15 is 0 Å². The minimum atomic E-state index is -4.90.